The molecule has 0 fully saturated rings. The largest absolute Gasteiger partial charge is 0.460 e. The molecular weight excluding hydrogens is 446 g/mol. The van der Waals surface area contributed by atoms with Crippen LogP contribution in [0.2, 0.25) is 0 Å². The predicted molar refractivity (Wildman–Crippen MR) is 128 cm³/mol. The Bertz CT molecular complexity index is 1560. The third-order valence-corrected chi connectivity index (χ3v) is 6.22. The number of hydrogen-bond acceptors (Lipinski definition) is 7. The monoisotopic (exact) mass is 467 g/mol. The standard InChI is InChI=1S/C26H21N5O4/c1-14-11-18(20(31(32)33)12-15(14)2)21-9-10-22(34-21)24-19(13-27)25(28)35-26-23(24)16(3)29-30(26)17-7-5-4-6-8-17/h4-12,24H,28H2,1-3H3. The molecule has 0 bridgehead atoms. The van der Waals surface area contributed by atoms with E-state index in [0.717, 1.165) is 16.8 Å². The minimum Gasteiger partial charge on any atom is -0.460 e. The Balaban J connectivity index is 1.68. The van der Waals surface area contributed by atoms with Crippen LogP contribution in [0.15, 0.2) is 70.5 Å². The third-order valence-electron chi connectivity index (χ3n) is 6.22. The quantitative estimate of drug-likeness (QED) is 0.323. The van der Waals surface area contributed by atoms with Gasteiger partial charge < -0.3 is 14.9 Å². The van der Waals surface area contributed by atoms with Gasteiger partial charge in [-0.25, -0.2) is 4.68 Å². The van der Waals surface area contributed by atoms with E-state index in [4.69, 9.17) is 14.9 Å². The lowest BCUT2D eigenvalue weighted by atomic mass is 9.88. The van der Waals surface area contributed by atoms with Crippen LogP contribution < -0.4 is 10.5 Å². The highest BCUT2D eigenvalue weighted by molar-refractivity contribution is 5.72. The van der Waals surface area contributed by atoms with Gasteiger partial charge in [0, 0.05) is 6.07 Å². The highest BCUT2D eigenvalue weighted by atomic mass is 16.6. The Morgan fingerprint density at radius 3 is 2.51 bits per heavy atom. The topological polar surface area (TPSA) is 133 Å². The van der Waals surface area contributed by atoms with Crippen LogP contribution in [0.3, 0.4) is 0 Å². The fourth-order valence-corrected chi connectivity index (χ4v) is 4.34. The van der Waals surface area contributed by atoms with Crippen LogP contribution in [0.5, 0.6) is 5.88 Å². The summed E-state index contributed by atoms with van der Waals surface area (Å²) in [5.74, 6) is 0.405. The van der Waals surface area contributed by atoms with E-state index in [1.807, 2.05) is 51.1 Å². The molecular formula is C26H21N5O4. The molecule has 0 spiro atoms. The second-order valence-electron chi connectivity index (χ2n) is 8.39. The molecule has 0 saturated heterocycles. The normalized spacial score (nSPS) is 14.9. The summed E-state index contributed by atoms with van der Waals surface area (Å²) < 4.78 is 13.7. The van der Waals surface area contributed by atoms with E-state index in [0.29, 0.717) is 34.2 Å². The summed E-state index contributed by atoms with van der Waals surface area (Å²) in [6, 6.07) is 18.2. The van der Waals surface area contributed by atoms with Crippen molar-refractivity contribution in [2.75, 3.05) is 0 Å². The van der Waals surface area contributed by atoms with Crippen molar-refractivity contribution in [3.8, 4) is 29.0 Å². The molecule has 1 atom stereocenters. The number of furan rings is 1. The molecule has 1 unspecified atom stereocenters. The maximum atomic E-state index is 11.7. The molecule has 9 heteroatoms. The second-order valence-corrected chi connectivity index (χ2v) is 8.39. The molecule has 0 amide bonds. The lowest BCUT2D eigenvalue weighted by molar-refractivity contribution is -0.384. The Morgan fingerprint density at radius 2 is 1.83 bits per heavy atom. The van der Waals surface area contributed by atoms with Gasteiger partial charge in [-0.1, -0.05) is 18.2 Å². The first-order valence-corrected chi connectivity index (χ1v) is 10.9. The van der Waals surface area contributed by atoms with E-state index in [1.54, 1.807) is 22.9 Å². The maximum absolute atomic E-state index is 11.7. The lowest BCUT2D eigenvalue weighted by Crippen LogP contribution is -2.21. The van der Waals surface area contributed by atoms with Crippen LogP contribution >= 0.6 is 0 Å². The molecule has 2 N–H and O–H groups in total. The van der Waals surface area contributed by atoms with Crippen molar-refractivity contribution in [3.05, 3.63) is 104 Å². The van der Waals surface area contributed by atoms with Crippen LogP contribution in [0.25, 0.3) is 17.0 Å². The van der Waals surface area contributed by atoms with Crippen molar-refractivity contribution >= 4 is 5.69 Å². The van der Waals surface area contributed by atoms with E-state index in [-0.39, 0.29) is 17.1 Å². The fraction of sp³-hybridized carbons (Fsp3) is 0.154. The number of hydrogen-bond donors (Lipinski definition) is 1. The van der Waals surface area contributed by atoms with Crippen LogP contribution in [-0.4, -0.2) is 14.7 Å². The molecule has 0 radical (unpaired) electrons. The summed E-state index contributed by atoms with van der Waals surface area (Å²) >= 11 is 0. The lowest BCUT2D eigenvalue weighted by Gasteiger charge is -2.23. The first kappa shape index (κ1) is 22.0. The van der Waals surface area contributed by atoms with Crippen molar-refractivity contribution in [2.24, 2.45) is 5.73 Å². The van der Waals surface area contributed by atoms with Crippen LogP contribution in [-0.2, 0) is 0 Å². The minimum absolute atomic E-state index is 0.0443. The zero-order valence-electron chi connectivity index (χ0n) is 19.3. The number of ether oxygens (including phenoxy) is 1. The van der Waals surface area contributed by atoms with Gasteiger partial charge in [0.05, 0.1) is 33.3 Å². The number of benzene rings is 2. The number of fused-ring (bicyclic) bond motifs is 1. The summed E-state index contributed by atoms with van der Waals surface area (Å²) in [6.07, 6.45) is 0. The number of para-hydroxylation sites is 1. The van der Waals surface area contributed by atoms with Crippen molar-refractivity contribution in [1.29, 1.82) is 5.26 Å². The molecule has 5 rings (SSSR count). The summed E-state index contributed by atoms with van der Waals surface area (Å²) in [6.45, 7) is 5.53. The first-order valence-electron chi connectivity index (χ1n) is 10.9. The minimum atomic E-state index is -0.680. The maximum Gasteiger partial charge on any atom is 0.280 e. The summed E-state index contributed by atoms with van der Waals surface area (Å²) in [5, 5.41) is 26.3. The van der Waals surface area contributed by atoms with Gasteiger partial charge in [0.15, 0.2) is 0 Å². The molecule has 0 saturated carbocycles. The van der Waals surface area contributed by atoms with Crippen LogP contribution in [0.4, 0.5) is 5.69 Å². The van der Waals surface area contributed by atoms with Crippen molar-refractivity contribution in [3.63, 3.8) is 0 Å². The Kier molecular flexibility index (Phi) is 5.14. The number of rotatable bonds is 4. The van der Waals surface area contributed by atoms with Crippen molar-refractivity contribution < 1.29 is 14.1 Å². The van der Waals surface area contributed by atoms with E-state index in [1.165, 1.54) is 6.07 Å². The zero-order valence-corrected chi connectivity index (χ0v) is 19.3. The predicted octanol–water partition coefficient (Wildman–Crippen LogP) is 5.18. The molecule has 9 nitrogen and oxygen atoms in total. The molecule has 2 aromatic carbocycles. The Hall–Kier alpha value is -4.84. The molecule has 1 aliphatic heterocycles. The highest BCUT2D eigenvalue weighted by Gasteiger charge is 2.38. The van der Waals surface area contributed by atoms with Gasteiger partial charge in [0.2, 0.25) is 11.8 Å². The number of allylic oxidation sites excluding steroid dienone is 1. The Morgan fingerprint density at radius 1 is 1.11 bits per heavy atom. The fourth-order valence-electron chi connectivity index (χ4n) is 4.34. The summed E-state index contributed by atoms with van der Waals surface area (Å²) in [4.78, 5) is 11.3. The average Bonchev–Trinajstić information content (AvgIpc) is 3.45. The van der Waals surface area contributed by atoms with E-state index >= 15 is 0 Å². The van der Waals surface area contributed by atoms with E-state index in [2.05, 4.69) is 11.2 Å². The SMILES string of the molecule is Cc1cc(-c2ccc(C3C(C#N)=C(N)Oc4c3c(C)nn4-c3ccccc3)o2)c([N+](=O)[O-])cc1C. The molecule has 0 aliphatic carbocycles. The molecule has 2 aromatic heterocycles. The molecule has 1 aliphatic rings. The number of nitro groups is 1. The number of nitrogens with zero attached hydrogens (tertiary/aromatic N) is 4. The number of nitriles is 1. The van der Waals surface area contributed by atoms with Crippen LogP contribution in [0.1, 0.15) is 34.1 Å². The van der Waals surface area contributed by atoms with Crippen molar-refractivity contribution in [2.45, 2.75) is 26.7 Å². The second kappa shape index (κ2) is 8.18. The van der Waals surface area contributed by atoms with E-state index < -0.39 is 10.8 Å². The molecule has 35 heavy (non-hydrogen) atoms. The summed E-state index contributed by atoms with van der Waals surface area (Å²) in [7, 11) is 0. The van der Waals surface area contributed by atoms with Gasteiger partial charge in [-0.2, -0.15) is 10.4 Å². The third kappa shape index (κ3) is 3.52. The smallest absolute Gasteiger partial charge is 0.280 e. The number of nitro benzene ring substituents is 1. The number of nitrogens with two attached hydrogens (primary N) is 1. The van der Waals surface area contributed by atoms with Gasteiger partial charge in [0.25, 0.3) is 5.69 Å². The highest BCUT2D eigenvalue weighted by Crippen LogP contribution is 2.46. The average molecular weight is 467 g/mol. The van der Waals surface area contributed by atoms with Gasteiger partial charge in [-0.05, 0) is 62.2 Å². The van der Waals surface area contributed by atoms with Gasteiger partial charge in [-0.15, -0.1) is 0 Å². The Labute approximate surface area is 200 Å². The van der Waals surface area contributed by atoms with Crippen LogP contribution in [0, 0.1) is 42.2 Å². The molecule has 3 heterocycles. The number of aromatic nitrogens is 2. The summed E-state index contributed by atoms with van der Waals surface area (Å²) in [5.41, 5.74) is 10.4. The zero-order chi connectivity index (χ0) is 24.9. The number of aryl methyl sites for hydroxylation is 3. The van der Waals surface area contributed by atoms with Gasteiger partial charge >= 0.3 is 0 Å². The first-order chi connectivity index (χ1) is 16.8. The molecule has 174 valence electrons. The van der Waals surface area contributed by atoms with E-state index in [9.17, 15) is 15.4 Å². The van der Waals surface area contributed by atoms with Crippen molar-refractivity contribution in [1.82, 2.24) is 9.78 Å². The van der Waals surface area contributed by atoms with Gasteiger partial charge in [-0.3, -0.25) is 10.1 Å². The van der Waals surface area contributed by atoms with Gasteiger partial charge in [0.1, 0.15) is 23.2 Å². The molecule has 4 aromatic rings.